The van der Waals surface area contributed by atoms with E-state index in [1.165, 1.54) is 6.07 Å². The van der Waals surface area contributed by atoms with Gasteiger partial charge in [-0.05, 0) is 41.8 Å². The number of benzene rings is 2. The highest BCUT2D eigenvalue weighted by Gasteiger charge is 2.18. The van der Waals surface area contributed by atoms with E-state index >= 15 is 0 Å². The molecule has 2 nitrogen and oxygen atoms in total. The predicted molar refractivity (Wildman–Crippen MR) is 76.5 cm³/mol. The van der Waals surface area contributed by atoms with Crippen molar-refractivity contribution in [1.82, 2.24) is 4.90 Å². The topological polar surface area (TPSA) is 20.3 Å². The second-order valence-electron chi connectivity index (χ2n) is 4.91. The molecule has 1 amide bonds. The molecule has 0 N–H and O–H groups in total. The van der Waals surface area contributed by atoms with Crippen LogP contribution >= 0.6 is 0 Å². The molecule has 2 aromatic carbocycles. The summed E-state index contributed by atoms with van der Waals surface area (Å²) in [6, 6.07) is 12.5. The Bertz CT molecular complexity index is 706. The summed E-state index contributed by atoms with van der Waals surface area (Å²) in [5.41, 5.74) is 3.13. The first kappa shape index (κ1) is 12.6. The van der Waals surface area contributed by atoms with Gasteiger partial charge < -0.3 is 4.90 Å². The molecular formula is C17H14FNO. The van der Waals surface area contributed by atoms with Gasteiger partial charge in [0.1, 0.15) is 5.82 Å². The summed E-state index contributed by atoms with van der Waals surface area (Å²) in [6.45, 7) is 2.20. The Morgan fingerprint density at radius 2 is 2.00 bits per heavy atom. The Labute approximate surface area is 117 Å². The van der Waals surface area contributed by atoms with Gasteiger partial charge in [0, 0.05) is 11.8 Å². The number of amides is 1. The molecule has 20 heavy (non-hydrogen) atoms. The van der Waals surface area contributed by atoms with Crippen LogP contribution in [0.15, 0.2) is 48.7 Å². The Morgan fingerprint density at radius 3 is 2.80 bits per heavy atom. The van der Waals surface area contributed by atoms with Crippen molar-refractivity contribution in [2.24, 2.45) is 0 Å². The molecule has 0 fully saturated rings. The highest BCUT2D eigenvalue weighted by molar-refractivity contribution is 5.95. The molecule has 100 valence electrons. The Kier molecular flexibility index (Phi) is 3.11. The van der Waals surface area contributed by atoms with Crippen molar-refractivity contribution in [2.45, 2.75) is 13.5 Å². The molecule has 0 bridgehead atoms. The number of carbonyl (C=O) groups excluding carboxylic acids is 1. The van der Waals surface area contributed by atoms with Crippen LogP contribution in [0.1, 0.15) is 27.0 Å². The van der Waals surface area contributed by atoms with Crippen LogP contribution < -0.4 is 0 Å². The fourth-order valence-electron chi connectivity index (χ4n) is 2.28. The zero-order chi connectivity index (χ0) is 14.1. The monoisotopic (exact) mass is 267 g/mol. The molecule has 0 saturated heterocycles. The van der Waals surface area contributed by atoms with Gasteiger partial charge >= 0.3 is 0 Å². The zero-order valence-electron chi connectivity index (χ0n) is 11.1. The van der Waals surface area contributed by atoms with Gasteiger partial charge in [-0.2, -0.15) is 0 Å². The first-order chi connectivity index (χ1) is 9.65. The fourth-order valence-corrected chi connectivity index (χ4v) is 2.28. The molecule has 0 aromatic heterocycles. The summed E-state index contributed by atoms with van der Waals surface area (Å²) in [5.74, 6) is -0.535. The van der Waals surface area contributed by atoms with Crippen molar-refractivity contribution in [3.8, 4) is 0 Å². The number of carbonyl (C=O) groups is 1. The second-order valence-corrected chi connectivity index (χ2v) is 4.91. The minimum atomic E-state index is -0.350. The van der Waals surface area contributed by atoms with Gasteiger partial charge in [-0.3, -0.25) is 4.79 Å². The van der Waals surface area contributed by atoms with Crippen molar-refractivity contribution < 1.29 is 9.18 Å². The maximum Gasteiger partial charge on any atom is 0.258 e. The van der Waals surface area contributed by atoms with Gasteiger partial charge in [0.15, 0.2) is 0 Å². The molecule has 0 unspecified atom stereocenters. The normalized spacial score (nSPS) is 13.2. The molecule has 1 heterocycles. The van der Waals surface area contributed by atoms with E-state index in [4.69, 9.17) is 0 Å². The largest absolute Gasteiger partial charge is 0.311 e. The van der Waals surface area contributed by atoms with Gasteiger partial charge in [-0.1, -0.05) is 30.3 Å². The van der Waals surface area contributed by atoms with E-state index in [1.807, 2.05) is 30.3 Å². The number of hydrogen-bond acceptors (Lipinski definition) is 1. The molecule has 0 spiro atoms. The van der Waals surface area contributed by atoms with Crippen LogP contribution in [0.2, 0.25) is 0 Å². The summed E-state index contributed by atoms with van der Waals surface area (Å²) in [5, 5.41) is 0. The zero-order valence-corrected chi connectivity index (χ0v) is 11.1. The van der Waals surface area contributed by atoms with E-state index in [0.29, 0.717) is 17.7 Å². The van der Waals surface area contributed by atoms with E-state index in [1.54, 1.807) is 30.2 Å². The first-order valence-electron chi connectivity index (χ1n) is 6.48. The molecule has 0 aliphatic carbocycles. The van der Waals surface area contributed by atoms with Gasteiger partial charge in [-0.15, -0.1) is 0 Å². The van der Waals surface area contributed by atoms with Crippen molar-refractivity contribution in [2.75, 3.05) is 0 Å². The van der Waals surface area contributed by atoms with Crippen molar-refractivity contribution in [3.63, 3.8) is 0 Å². The molecule has 2 aromatic rings. The smallest absolute Gasteiger partial charge is 0.258 e. The van der Waals surface area contributed by atoms with Crippen molar-refractivity contribution in [1.29, 1.82) is 0 Å². The van der Waals surface area contributed by atoms with Gasteiger partial charge in [-0.25, -0.2) is 4.39 Å². The lowest BCUT2D eigenvalue weighted by molar-refractivity contribution is 0.0812. The number of halogens is 1. The van der Waals surface area contributed by atoms with Crippen LogP contribution in [0.3, 0.4) is 0 Å². The predicted octanol–water partition coefficient (Wildman–Crippen LogP) is 3.76. The maximum atomic E-state index is 13.6. The van der Waals surface area contributed by atoms with Crippen LogP contribution in [0.25, 0.3) is 6.08 Å². The molecule has 1 aliphatic heterocycles. The standard InChI is InChI=1S/C17H14FNO/c1-12-6-7-14(10-16(12)18)17(20)19-9-8-13-4-2-3-5-15(13)11-19/h2-10H,11H2,1H3. The van der Waals surface area contributed by atoms with E-state index < -0.39 is 0 Å². The molecule has 0 saturated carbocycles. The first-order valence-corrected chi connectivity index (χ1v) is 6.48. The Morgan fingerprint density at radius 1 is 1.20 bits per heavy atom. The van der Waals surface area contributed by atoms with Gasteiger partial charge in [0.25, 0.3) is 5.91 Å². The number of fused-ring (bicyclic) bond motifs is 1. The third-order valence-electron chi connectivity index (χ3n) is 3.51. The highest BCUT2D eigenvalue weighted by atomic mass is 19.1. The average molecular weight is 267 g/mol. The molecule has 0 radical (unpaired) electrons. The SMILES string of the molecule is Cc1ccc(C(=O)N2C=Cc3ccccc3C2)cc1F. The highest BCUT2D eigenvalue weighted by Crippen LogP contribution is 2.21. The molecule has 0 atom stereocenters. The fraction of sp³-hybridized carbons (Fsp3) is 0.118. The molecule has 3 rings (SSSR count). The van der Waals surface area contributed by atoms with E-state index in [0.717, 1.165) is 11.1 Å². The number of hydrogen-bond donors (Lipinski definition) is 0. The minimum absolute atomic E-state index is 0.186. The molecule has 1 aliphatic rings. The Hall–Kier alpha value is -2.42. The Balaban J connectivity index is 1.88. The van der Waals surface area contributed by atoms with Gasteiger partial charge in [0.05, 0.1) is 6.54 Å². The average Bonchev–Trinajstić information content (AvgIpc) is 2.49. The summed E-state index contributed by atoms with van der Waals surface area (Å²) in [6.07, 6.45) is 3.66. The van der Waals surface area contributed by atoms with Crippen molar-refractivity contribution in [3.05, 3.63) is 76.7 Å². The minimum Gasteiger partial charge on any atom is -0.311 e. The second kappa shape index (κ2) is 4.93. The van der Waals surface area contributed by atoms with Crippen LogP contribution in [0.5, 0.6) is 0 Å². The van der Waals surface area contributed by atoms with Gasteiger partial charge in [0.2, 0.25) is 0 Å². The van der Waals surface area contributed by atoms with Crippen LogP contribution in [-0.2, 0) is 6.54 Å². The molecule has 3 heteroatoms. The van der Waals surface area contributed by atoms with Crippen molar-refractivity contribution >= 4 is 12.0 Å². The molecular weight excluding hydrogens is 253 g/mol. The lowest BCUT2D eigenvalue weighted by Gasteiger charge is -2.23. The third kappa shape index (κ3) is 2.23. The number of rotatable bonds is 1. The summed E-state index contributed by atoms with van der Waals surface area (Å²) >= 11 is 0. The third-order valence-corrected chi connectivity index (χ3v) is 3.51. The van der Waals surface area contributed by atoms with Crippen LogP contribution in [0.4, 0.5) is 4.39 Å². The quantitative estimate of drug-likeness (QED) is 0.770. The lowest BCUT2D eigenvalue weighted by atomic mass is 10.0. The number of nitrogens with zero attached hydrogens (tertiary/aromatic N) is 1. The van der Waals surface area contributed by atoms with Crippen LogP contribution in [-0.4, -0.2) is 10.8 Å². The van der Waals surface area contributed by atoms with Crippen LogP contribution in [0, 0.1) is 12.7 Å². The summed E-state index contributed by atoms with van der Waals surface area (Å²) in [4.78, 5) is 14.0. The summed E-state index contributed by atoms with van der Waals surface area (Å²) in [7, 11) is 0. The van der Waals surface area contributed by atoms with E-state index in [2.05, 4.69) is 0 Å². The van der Waals surface area contributed by atoms with E-state index in [9.17, 15) is 9.18 Å². The maximum absolute atomic E-state index is 13.6. The van der Waals surface area contributed by atoms with E-state index in [-0.39, 0.29) is 11.7 Å². The lowest BCUT2D eigenvalue weighted by Crippen LogP contribution is -2.27. The number of aryl methyl sites for hydroxylation is 1. The summed E-state index contributed by atoms with van der Waals surface area (Å²) < 4.78 is 13.6.